The molecule has 3 rings (SSSR count). The fraction of sp³-hybridized carbons (Fsp3) is 0.471. The van der Waals surface area contributed by atoms with Gasteiger partial charge in [0.1, 0.15) is 12.0 Å². The molecule has 1 fully saturated rings. The first-order chi connectivity index (χ1) is 11.7. The fourth-order valence-corrected chi connectivity index (χ4v) is 4.24. The lowest BCUT2D eigenvalue weighted by Crippen LogP contribution is -2.26. The van der Waals surface area contributed by atoms with Gasteiger partial charge in [0.15, 0.2) is 0 Å². The molecule has 1 aliphatic rings. The Hall–Kier alpha value is -1.66. The minimum absolute atomic E-state index is 0.375. The van der Waals surface area contributed by atoms with Gasteiger partial charge in [-0.05, 0) is 50.6 Å². The molecule has 1 aliphatic heterocycles. The highest BCUT2D eigenvalue weighted by molar-refractivity contribution is 7.50. The van der Waals surface area contributed by atoms with Crippen LogP contribution in [0.1, 0.15) is 25.3 Å². The molecular weight excluding hydrogens is 343 g/mol. The number of likely N-dealkylation sites (N-methyl/N-ethyl adjacent to an activating group) is 1. The lowest BCUT2D eigenvalue weighted by Gasteiger charge is -2.19. The molecule has 0 radical (unpaired) electrons. The van der Waals surface area contributed by atoms with Gasteiger partial charge in [-0.1, -0.05) is 6.07 Å². The van der Waals surface area contributed by atoms with Crippen LogP contribution in [0.25, 0.3) is 10.9 Å². The van der Waals surface area contributed by atoms with E-state index in [2.05, 4.69) is 11.9 Å². The van der Waals surface area contributed by atoms with Crippen LogP contribution in [0.4, 0.5) is 0 Å². The van der Waals surface area contributed by atoms with Crippen LogP contribution in [0, 0.1) is 0 Å². The average Bonchev–Trinajstić information content (AvgIpc) is 3.03. The van der Waals surface area contributed by atoms with Gasteiger partial charge in [-0.2, -0.15) is 0 Å². The minimum Gasteiger partial charge on any atom is -0.426 e. The maximum absolute atomic E-state index is 11.5. The maximum atomic E-state index is 11.5. The maximum Gasteiger partial charge on any atom is 0.345 e. The molecule has 2 heterocycles. The van der Waals surface area contributed by atoms with Gasteiger partial charge in [0.2, 0.25) is 0 Å². The van der Waals surface area contributed by atoms with Crippen LogP contribution in [-0.4, -0.2) is 44.9 Å². The van der Waals surface area contributed by atoms with Crippen molar-refractivity contribution < 1.29 is 23.9 Å². The zero-order valence-corrected chi connectivity index (χ0v) is 15.3. The normalized spacial score (nSPS) is 18.8. The highest BCUT2D eigenvalue weighted by atomic mass is 31.2. The van der Waals surface area contributed by atoms with Gasteiger partial charge in [-0.25, -0.2) is 0 Å². The van der Waals surface area contributed by atoms with E-state index in [0.717, 1.165) is 36.8 Å². The summed E-state index contributed by atoms with van der Waals surface area (Å²) in [4.78, 5) is 32.5. The van der Waals surface area contributed by atoms with Crippen LogP contribution in [0.3, 0.4) is 0 Å². The number of likely N-dealkylation sites (tertiary alicyclic amines) is 1. The number of aromatic nitrogens is 1. The monoisotopic (exact) mass is 366 g/mol. The van der Waals surface area contributed by atoms with Gasteiger partial charge < -0.3 is 24.0 Å². The molecule has 2 aromatic rings. The third-order valence-electron chi connectivity index (χ3n) is 4.66. The molecule has 0 spiro atoms. The summed E-state index contributed by atoms with van der Waals surface area (Å²) in [7, 11) is -2.14. The summed E-state index contributed by atoms with van der Waals surface area (Å²) in [6.07, 6.45) is 4.35. The highest BCUT2D eigenvalue weighted by Crippen LogP contribution is 2.40. The van der Waals surface area contributed by atoms with Gasteiger partial charge >= 0.3 is 13.6 Å². The zero-order chi connectivity index (χ0) is 18.2. The molecule has 0 aliphatic carbocycles. The van der Waals surface area contributed by atoms with Gasteiger partial charge in [0.05, 0.1) is 5.52 Å². The van der Waals surface area contributed by atoms with E-state index < -0.39 is 19.9 Å². The molecule has 2 N–H and O–H groups in total. The molecular formula is C17H23N2O5P. The standard InChI is InChI=1S/C17H23N2O5P/c1-12(20)24-16-7-3-6-15-17(16)13(9-14-5-4-8-18(14)2)10-19(15)11-25(21,22)23/h3,6-7,10,14H,4-5,8-9,11H2,1-2H3,(H2,21,22,23). The third-order valence-corrected chi connectivity index (χ3v) is 5.34. The lowest BCUT2D eigenvalue weighted by atomic mass is 10.0. The number of fused-ring (bicyclic) bond motifs is 1. The van der Waals surface area contributed by atoms with Crippen LogP contribution in [-0.2, 0) is 22.1 Å². The van der Waals surface area contributed by atoms with Crippen molar-refractivity contribution >= 4 is 24.5 Å². The summed E-state index contributed by atoms with van der Waals surface area (Å²) in [5.74, 6) is 0.0179. The van der Waals surface area contributed by atoms with E-state index in [1.165, 1.54) is 6.92 Å². The van der Waals surface area contributed by atoms with Gasteiger partial charge in [-0.3, -0.25) is 9.36 Å². The second kappa shape index (κ2) is 6.92. The molecule has 1 atom stereocenters. The quantitative estimate of drug-likeness (QED) is 0.479. The van der Waals surface area contributed by atoms with Gasteiger partial charge in [0, 0.05) is 24.5 Å². The summed E-state index contributed by atoms with van der Waals surface area (Å²) in [6, 6.07) is 5.61. The number of ether oxygens (including phenoxy) is 1. The Balaban J connectivity index is 2.09. The fourth-order valence-electron chi connectivity index (χ4n) is 3.61. The van der Waals surface area contributed by atoms with Crippen molar-refractivity contribution in [3.63, 3.8) is 0 Å². The third kappa shape index (κ3) is 4.12. The number of benzene rings is 1. The Kier molecular flexibility index (Phi) is 5.02. The summed E-state index contributed by atoms with van der Waals surface area (Å²) in [6.45, 7) is 2.39. The van der Waals surface area contributed by atoms with Crippen LogP contribution >= 0.6 is 7.60 Å². The van der Waals surface area contributed by atoms with Crippen molar-refractivity contribution in [3.05, 3.63) is 30.0 Å². The molecule has 8 heteroatoms. The average molecular weight is 366 g/mol. The largest absolute Gasteiger partial charge is 0.426 e. The van der Waals surface area contributed by atoms with E-state index in [1.807, 2.05) is 0 Å². The Morgan fingerprint density at radius 1 is 1.40 bits per heavy atom. The van der Waals surface area contributed by atoms with E-state index >= 15 is 0 Å². The van der Waals surface area contributed by atoms with E-state index in [9.17, 15) is 19.1 Å². The summed E-state index contributed by atoms with van der Waals surface area (Å²) in [5.41, 5.74) is 1.61. The molecule has 0 saturated carbocycles. The summed E-state index contributed by atoms with van der Waals surface area (Å²) < 4.78 is 18.4. The number of carbonyl (C=O) groups is 1. The van der Waals surface area contributed by atoms with E-state index in [0.29, 0.717) is 17.3 Å². The van der Waals surface area contributed by atoms with Crippen molar-refractivity contribution in [1.29, 1.82) is 0 Å². The van der Waals surface area contributed by atoms with Crippen LogP contribution in [0.5, 0.6) is 5.75 Å². The molecule has 0 amide bonds. The van der Waals surface area contributed by atoms with Gasteiger partial charge in [0.25, 0.3) is 0 Å². The Morgan fingerprint density at radius 3 is 2.76 bits per heavy atom. The first-order valence-electron chi connectivity index (χ1n) is 8.28. The molecule has 0 bridgehead atoms. The van der Waals surface area contributed by atoms with Crippen molar-refractivity contribution in [2.45, 2.75) is 38.5 Å². The van der Waals surface area contributed by atoms with Crippen molar-refractivity contribution in [2.75, 3.05) is 13.6 Å². The molecule has 1 saturated heterocycles. The Labute approximate surface area is 146 Å². The Bertz CT molecular complexity index is 841. The lowest BCUT2D eigenvalue weighted by molar-refractivity contribution is -0.131. The van der Waals surface area contributed by atoms with Crippen LogP contribution in [0.15, 0.2) is 24.4 Å². The number of carbonyl (C=O) groups excluding carboxylic acids is 1. The predicted octanol–water partition coefficient (Wildman–Crippen LogP) is 2.34. The number of rotatable bonds is 5. The zero-order valence-electron chi connectivity index (χ0n) is 14.4. The highest BCUT2D eigenvalue weighted by Gasteiger charge is 2.25. The number of nitrogens with zero attached hydrogens (tertiary/aromatic N) is 2. The van der Waals surface area contributed by atoms with E-state index in [4.69, 9.17) is 4.74 Å². The van der Waals surface area contributed by atoms with Crippen molar-refractivity contribution in [2.24, 2.45) is 0 Å². The SMILES string of the molecule is CC(=O)Oc1cccc2c1c(CC1CCCN1C)cn2CP(=O)(O)O. The molecule has 1 aromatic carbocycles. The first-order valence-corrected chi connectivity index (χ1v) is 10.1. The van der Waals surface area contributed by atoms with E-state index in [-0.39, 0.29) is 0 Å². The number of hydrogen-bond donors (Lipinski definition) is 2. The number of hydrogen-bond acceptors (Lipinski definition) is 4. The topological polar surface area (TPSA) is 92.0 Å². The summed E-state index contributed by atoms with van der Waals surface area (Å²) >= 11 is 0. The molecule has 1 unspecified atom stereocenters. The molecule has 136 valence electrons. The van der Waals surface area contributed by atoms with Crippen LogP contribution in [0.2, 0.25) is 0 Å². The van der Waals surface area contributed by atoms with Crippen molar-refractivity contribution in [1.82, 2.24) is 9.47 Å². The molecule has 7 nitrogen and oxygen atoms in total. The smallest absolute Gasteiger partial charge is 0.345 e. The molecule has 25 heavy (non-hydrogen) atoms. The predicted molar refractivity (Wildman–Crippen MR) is 94.6 cm³/mol. The second-order valence-electron chi connectivity index (χ2n) is 6.65. The number of esters is 1. The first kappa shape index (κ1) is 18.1. The summed E-state index contributed by atoms with van der Waals surface area (Å²) in [5, 5.41) is 0.756. The van der Waals surface area contributed by atoms with Crippen LogP contribution < -0.4 is 4.74 Å². The van der Waals surface area contributed by atoms with E-state index in [1.54, 1.807) is 29.0 Å². The van der Waals surface area contributed by atoms with Crippen molar-refractivity contribution in [3.8, 4) is 5.75 Å². The minimum atomic E-state index is -4.22. The van der Waals surface area contributed by atoms with Gasteiger partial charge in [-0.15, -0.1) is 0 Å². The Morgan fingerprint density at radius 2 is 2.16 bits per heavy atom. The molecule has 1 aromatic heterocycles. The second-order valence-corrected chi connectivity index (χ2v) is 8.27.